The van der Waals surface area contributed by atoms with Crippen LogP contribution in [0.15, 0.2) is 45.8 Å². The monoisotopic (exact) mass is 489 g/mol. The number of imide groups is 1. The lowest BCUT2D eigenvalue weighted by Gasteiger charge is -2.15. The maximum atomic E-state index is 13.9. The van der Waals surface area contributed by atoms with Gasteiger partial charge in [0.2, 0.25) is 0 Å². The Bertz CT molecular complexity index is 1060. The average molecular weight is 490 g/mol. The van der Waals surface area contributed by atoms with Crippen LogP contribution in [0.4, 0.5) is 9.18 Å². The van der Waals surface area contributed by atoms with Gasteiger partial charge >= 0.3 is 0 Å². The van der Waals surface area contributed by atoms with Gasteiger partial charge in [0, 0.05) is 5.56 Å². The fourth-order valence-electron chi connectivity index (χ4n) is 2.72. The molecule has 3 rings (SSSR count). The molecule has 5 nitrogen and oxygen atoms in total. The largest absolute Gasteiger partial charge is 0.490 e. The van der Waals surface area contributed by atoms with E-state index in [1.807, 2.05) is 6.92 Å². The van der Waals surface area contributed by atoms with Crippen molar-refractivity contribution in [3.05, 3.63) is 62.7 Å². The molecule has 0 unspecified atom stereocenters. The third-order valence-corrected chi connectivity index (χ3v) is 5.58. The van der Waals surface area contributed by atoms with Gasteiger partial charge in [-0.1, -0.05) is 24.1 Å². The molecule has 0 aromatic heterocycles. The molecule has 154 valence electrons. The van der Waals surface area contributed by atoms with Gasteiger partial charge in [-0.3, -0.25) is 14.5 Å². The van der Waals surface area contributed by atoms with Crippen LogP contribution in [0.2, 0.25) is 0 Å². The molecule has 8 heteroatoms. The number of terminal acetylenes is 1. The van der Waals surface area contributed by atoms with E-state index in [1.165, 1.54) is 6.07 Å². The lowest BCUT2D eigenvalue weighted by Crippen LogP contribution is -2.28. The second-order valence-corrected chi connectivity index (χ2v) is 7.96. The SMILES string of the molecule is C#CCN1C(=O)S/C(=C\c2cc(Br)c(OCc3ccccc3F)c(OCC)c2)C1=O. The van der Waals surface area contributed by atoms with E-state index in [9.17, 15) is 14.0 Å². The predicted molar refractivity (Wildman–Crippen MR) is 118 cm³/mol. The van der Waals surface area contributed by atoms with E-state index in [0.717, 1.165) is 16.7 Å². The summed E-state index contributed by atoms with van der Waals surface area (Å²) in [6.07, 6.45) is 6.81. The number of rotatable bonds is 7. The van der Waals surface area contributed by atoms with Gasteiger partial charge < -0.3 is 9.47 Å². The molecule has 30 heavy (non-hydrogen) atoms. The Balaban J connectivity index is 1.88. The Hall–Kier alpha value is -2.76. The molecule has 1 aliphatic rings. The van der Waals surface area contributed by atoms with Crippen LogP contribution in [0, 0.1) is 18.2 Å². The number of carbonyl (C=O) groups excluding carboxylic acids is 2. The summed E-state index contributed by atoms with van der Waals surface area (Å²) in [5, 5.41) is -0.405. The summed E-state index contributed by atoms with van der Waals surface area (Å²) in [6, 6.07) is 9.78. The molecule has 0 aliphatic carbocycles. The number of amides is 2. The Kier molecular flexibility index (Phi) is 7.19. The van der Waals surface area contributed by atoms with Gasteiger partial charge in [-0.25, -0.2) is 4.39 Å². The molecule has 2 amide bonds. The molecular weight excluding hydrogens is 473 g/mol. The van der Waals surface area contributed by atoms with Gasteiger partial charge in [0.1, 0.15) is 12.4 Å². The first-order chi connectivity index (χ1) is 14.4. The molecule has 0 atom stereocenters. The van der Waals surface area contributed by atoms with Crippen LogP contribution in [0.1, 0.15) is 18.1 Å². The number of thioether (sulfide) groups is 1. The average Bonchev–Trinajstić information content (AvgIpc) is 2.96. The summed E-state index contributed by atoms with van der Waals surface area (Å²) in [5.74, 6) is 2.36. The normalized spacial score (nSPS) is 14.9. The number of benzene rings is 2. The highest BCUT2D eigenvalue weighted by molar-refractivity contribution is 9.10. The molecule has 2 aromatic carbocycles. The first-order valence-electron chi connectivity index (χ1n) is 8.96. The highest BCUT2D eigenvalue weighted by atomic mass is 79.9. The zero-order chi connectivity index (χ0) is 21.7. The maximum absolute atomic E-state index is 13.9. The van der Waals surface area contributed by atoms with Crippen molar-refractivity contribution in [1.82, 2.24) is 4.90 Å². The van der Waals surface area contributed by atoms with E-state index < -0.39 is 11.1 Å². The molecule has 1 heterocycles. The van der Waals surface area contributed by atoms with Crippen molar-refractivity contribution in [2.24, 2.45) is 0 Å². The fraction of sp³-hybridized carbons (Fsp3) is 0.182. The first kappa shape index (κ1) is 21.9. The van der Waals surface area contributed by atoms with Crippen molar-refractivity contribution < 1.29 is 23.5 Å². The summed E-state index contributed by atoms with van der Waals surface area (Å²) < 4.78 is 25.9. The second-order valence-electron chi connectivity index (χ2n) is 6.12. The van der Waals surface area contributed by atoms with Crippen LogP contribution in [0.5, 0.6) is 11.5 Å². The summed E-state index contributed by atoms with van der Waals surface area (Å²) in [6.45, 7) is 2.16. The lowest BCUT2D eigenvalue weighted by molar-refractivity contribution is -0.122. The van der Waals surface area contributed by atoms with Crippen LogP contribution in [0.25, 0.3) is 6.08 Å². The molecule has 1 saturated heterocycles. The molecule has 1 aliphatic heterocycles. The molecular formula is C22H17BrFNO4S. The minimum Gasteiger partial charge on any atom is -0.490 e. The van der Waals surface area contributed by atoms with E-state index >= 15 is 0 Å². The third kappa shape index (κ3) is 4.86. The van der Waals surface area contributed by atoms with Crippen LogP contribution >= 0.6 is 27.7 Å². The second kappa shape index (κ2) is 9.83. The molecule has 0 bridgehead atoms. The van der Waals surface area contributed by atoms with Gasteiger partial charge in [-0.15, -0.1) is 6.42 Å². The lowest BCUT2D eigenvalue weighted by atomic mass is 10.1. The van der Waals surface area contributed by atoms with Crippen LogP contribution < -0.4 is 9.47 Å². The van der Waals surface area contributed by atoms with Gasteiger partial charge in [-0.05, 0) is 64.5 Å². The molecule has 0 saturated carbocycles. The van der Waals surface area contributed by atoms with Crippen molar-refractivity contribution in [3.63, 3.8) is 0 Å². The molecule has 0 radical (unpaired) electrons. The van der Waals surface area contributed by atoms with Crippen molar-refractivity contribution >= 4 is 44.9 Å². The van der Waals surface area contributed by atoms with Crippen molar-refractivity contribution in [2.45, 2.75) is 13.5 Å². The van der Waals surface area contributed by atoms with Crippen molar-refractivity contribution in [1.29, 1.82) is 0 Å². The number of nitrogens with zero attached hydrogens (tertiary/aromatic N) is 1. The van der Waals surface area contributed by atoms with E-state index in [1.54, 1.807) is 36.4 Å². The zero-order valence-corrected chi connectivity index (χ0v) is 18.4. The quantitative estimate of drug-likeness (QED) is 0.393. The van der Waals surface area contributed by atoms with E-state index in [-0.39, 0.29) is 23.9 Å². The number of ether oxygens (including phenoxy) is 2. The van der Waals surface area contributed by atoms with Gasteiger partial charge in [0.15, 0.2) is 11.5 Å². The van der Waals surface area contributed by atoms with Crippen LogP contribution in [0.3, 0.4) is 0 Å². The standard InChI is InChI=1S/C22H17BrFNO4S/c1-3-9-25-21(26)19(30-22(25)27)12-14-10-16(23)20(18(11-14)28-4-2)29-13-15-7-5-6-8-17(15)24/h1,5-8,10-12H,4,9,13H2,2H3/b19-12-. The molecule has 2 aromatic rings. The van der Waals surface area contributed by atoms with E-state index in [4.69, 9.17) is 15.9 Å². The maximum Gasteiger partial charge on any atom is 0.294 e. The summed E-state index contributed by atoms with van der Waals surface area (Å²) >= 11 is 4.28. The summed E-state index contributed by atoms with van der Waals surface area (Å²) in [5.41, 5.74) is 1.05. The molecule has 0 spiro atoms. The highest BCUT2D eigenvalue weighted by Gasteiger charge is 2.34. The molecule has 1 fully saturated rings. The predicted octanol–water partition coefficient (Wildman–Crippen LogP) is 5.24. The van der Waals surface area contributed by atoms with Gasteiger partial charge in [0.25, 0.3) is 11.1 Å². The fourth-order valence-corrected chi connectivity index (χ4v) is 4.13. The Morgan fingerprint density at radius 2 is 2.03 bits per heavy atom. The summed E-state index contributed by atoms with van der Waals surface area (Å²) in [4.78, 5) is 25.6. The number of hydrogen-bond donors (Lipinski definition) is 0. The third-order valence-electron chi connectivity index (χ3n) is 4.08. The summed E-state index contributed by atoms with van der Waals surface area (Å²) in [7, 11) is 0. The topological polar surface area (TPSA) is 55.8 Å². The van der Waals surface area contributed by atoms with E-state index in [0.29, 0.717) is 33.7 Å². The minimum absolute atomic E-state index is 0.0235. The Labute approximate surface area is 186 Å². The molecule has 0 N–H and O–H groups in total. The number of hydrogen-bond acceptors (Lipinski definition) is 5. The minimum atomic E-state index is -0.433. The van der Waals surface area contributed by atoms with Crippen molar-refractivity contribution in [3.8, 4) is 23.8 Å². The highest BCUT2D eigenvalue weighted by Crippen LogP contribution is 2.39. The van der Waals surface area contributed by atoms with Gasteiger partial charge in [0.05, 0.1) is 22.5 Å². The van der Waals surface area contributed by atoms with Crippen molar-refractivity contribution in [2.75, 3.05) is 13.2 Å². The van der Waals surface area contributed by atoms with E-state index in [2.05, 4.69) is 21.9 Å². The smallest absolute Gasteiger partial charge is 0.294 e. The van der Waals surface area contributed by atoms with Crippen LogP contribution in [-0.4, -0.2) is 29.2 Å². The zero-order valence-electron chi connectivity index (χ0n) is 16.0. The number of halogens is 2. The van der Waals surface area contributed by atoms with Gasteiger partial charge in [-0.2, -0.15) is 0 Å². The number of carbonyl (C=O) groups is 2. The Morgan fingerprint density at radius 3 is 2.73 bits per heavy atom. The van der Waals surface area contributed by atoms with Crippen LogP contribution in [-0.2, 0) is 11.4 Å². The first-order valence-corrected chi connectivity index (χ1v) is 10.6. The Morgan fingerprint density at radius 1 is 1.27 bits per heavy atom.